The van der Waals surface area contributed by atoms with Gasteiger partial charge in [0.25, 0.3) is 5.91 Å². The molecule has 2 amide bonds. The van der Waals surface area contributed by atoms with E-state index >= 15 is 0 Å². The molecule has 37 heavy (non-hydrogen) atoms. The highest BCUT2D eigenvalue weighted by molar-refractivity contribution is 6.15. The Hall–Kier alpha value is -4.41. The van der Waals surface area contributed by atoms with E-state index in [4.69, 9.17) is 14.8 Å². The Balaban J connectivity index is 1.89. The first kappa shape index (κ1) is 25.7. The van der Waals surface area contributed by atoms with Crippen LogP contribution in [0.2, 0.25) is 0 Å². The summed E-state index contributed by atoms with van der Waals surface area (Å²) in [6.45, 7) is 0.908. The Morgan fingerprint density at radius 1 is 1.00 bits per heavy atom. The van der Waals surface area contributed by atoms with E-state index in [0.717, 1.165) is 5.39 Å². The minimum atomic E-state index is -1.21. The van der Waals surface area contributed by atoms with Gasteiger partial charge in [0.05, 0.1) is 30.5 Å². The maximum Gasteiger partial charge on any atom is 0.409 e. The van der Waals surface area contributed by atoms with Crippen molar-refractivity contribution < 1.29 is 24.5 Å². The Morgan fingerprint density at radius 3 is 2.38 bits per heavy atom. The molecule has 10 heteroatoms. The molecule has 4 rings (SSSR count). The first-order valence-corrected chi connectivity index (χ1v) is 11.6. The summed E-state index contributed by atoms with van der Waals surface area (Å²) in [5.41, 5.74) is 3.52. The fourth-order valence-electron chi connectivity index (χ4n) is 4.13. The van der Waals surface area contributed by atoms with Crippen LogP contribution < -0.4 is 20.7 Å². The number of para-hydroxylation sites is 2. The summed E-state index contributed by atoms with van der Waals surface area (Å²) in [7, 11) is 5.43. The summed E-state index contributed by atoms with van der Waals surface area (Å²) < 4.78 is 5.57. The first-order chi connectivity index (χ1) is 17.8. The van der Waals surface area contributed by atoms with E-state index in [1.807, 2.05) is 37.2 Å². The molecule has 0 unspecified atom stereocenters. The van der Waals surface area contributed by atoms with Gasteiger partial charge in [-0.25, -0.2) is 9.78 Å². The van der Waals surface area contributed by atoms with Crippen molar-refractivity contribution in [2.24, 2.45) is 0 Å². The van der Waals surface area contributed by atoms with Crippen molar-refractivity contribution in [3.05, 3.63) is 65.7 Å². The molecule has 3 aromatic carbocycles. The summed E-state index contributed by atoms with van der Waals surface area (Å²) in [6.07, 6.45) is -1.21. The van der Waals surface area contributed by atoms with Crippen molar-refractivity contribution in [2.45, 2.75) is 6.61 Å². The van der Waals surface area contributed by atoms with Crippen molar-refractivity contribution in [3.63, 3.8) is 0 Å². The number of hydrogen-bond acceptors (Lipinski definition) is 7. The van der Waals surface area contributed by atoms with Crippen LogP contribution >= 0.6 is 0 Å². The van der Waals surface area contributed by atoms with Crippen molar-refractivity contribution in [1.29, 1.82) is 0 Å². The number of anilines is 3. The highest BCUT2D eigenvalue weighted by Gasteiger charge is 2.18. The minimum absolute atomic E-state index is 0.240. The van der Waals surface area contributed by atoms with Crippen LogP contribution in [0.3, 0.4) is 0 Å². The number of benzene rings is 3. The third-order valence-corrected chi connectivity index (χ3v) is 5.80. The van der Waals surface area contributed by atoms with E-state index in [0.29, 0.717) is 63.4 Å². The first-order valence-electron chi connectivity index (χ1n) is 11.6. The molecule has 0 saturated heterocycles. The topological polar surface area (TPSA) is 136 Å². The molecule has 0 radical (unpaired) electrons. The molecule has 4 aromatic rings. The van der Waals surface area contributed by atoms with Crippen molar-refractivity contribution in [1.82, 2.24) is 15.2 Å². The Kier molecular flexibility index (Phi) is 7.71. The number of pyridine rings is 1. The van der Waals surface area contributed by atoms with Gasteiger partial charge in [0.2, 0.25) is 0 Å². The van der Waals surface area contributed by atoms with Crippen LogP contribution in [-0.2, 0) is 6.61 Å². The lowest BCUT2D eigenvalue weighted by Crippen LogP contribution is -2.31. The van der Waals surface area contributed by atoms with E-state index < -0.39 is 6.09 Å². The fraction of sp³-hybridized carbons (Fsp3) is 0.222. The number of nitrogens with one attached hydrogen (secondary N) is 3. The number of aromatic nitrogens is 1. The number of nitrogens with zero attached hydrogens (tertiary/aromatic N) is 2. The summed E-state index contributed by atoms with van der Waals surface area (Å²) in [5, 5.41) is 29.0. The summed E-state index contributed by atoms with van der Waals surface area (Å²) in [5.74, 6) is 0.304. The second-order valence-corrected chi connectivity index (χ2v) is 8.74. The van der Waals surface area contributed by atoms with Crippen molar-refractivity contribution in [2.75, 3.05) is 44.9 Å². The number of likely N-dealkylation sites (N-methyl/N-ethyl adjacent to an activating group) is 1. The van der Waals surface area contributed by atoms with Gasteiger partial charge in [-0.3, -0.25) is 10.1 Å². The molecule has 1 heterocycles. The van der Waals surface area contributed by atoms with Crippen LogP contribution in [0.25, 0.3) is 21.8 Å². The Bertz CT molecular complexity index is 1470. The van der Waals surface area contributed by atoms with Gasteiger partial charge in [-0.1, -0.05) is 24.3 Å². The number of amides is 2. The molecule has 0 bridgehead atoms. The maximum absolute atomic E-state index is 13.1. The average Bonchev–Trinajstić information content (AvgIpc) is 2.87. The van der Waals surface area contributed by atoms with Crippen LogP contribution in [0.5, 0.6) is 5.75 Å². The SMILES string of the molecule is COc1cccc2c(Nc3cc(CO)cc(NC(=O)O)c3)c3cccc(C(=O)NCCN(C)C)c3nc12. The zero-order chi connectivity index (χ0) is 26.5. The molecule has 0 fully saturated rings. The molecule has 0 aliphatic carbocycles. The van der Waals surface area contributed by atoms with Gasteiger partial charge in [0, 0.05) is 35.2 Å². The number of methoxy groups -OCH3 is 1. The number of carboxylic acid groups (broad SMARTS) is 1. The molecular formula is C27H29N5O5. The number of hydrogen-bond donors (Lipinski definition) is 5. The number of ether oxygens (including phenoxy) is 1. The third-order valence-electron chi connectivity index (χ3n) is 5.80. The van der Waals surface area contributed by atoms with E-state index in [9.17, 15) is 14.7 Å². The number of carbonyl (C=O) groups is 2. The van der Waals surface area contributed by atoms with Gasteiger partial charge >= 0.3 is 6.09 Å². The van der Waals surface area contributed by atoms with Crippen LogP contribution in [0.15, 0.2) is 54.6 Å². The van der Waals surface area contributed by atoms with Crippen molar-refractivity contribution in [3.8, 4) is 5.75 Å². The van der Waals surface area contributed by atoms with Gasteiger partial charge in [0.15, 0.2) is 0 Å². The maximum atomic E-state index is 13.1. The largest absolute Gasteiger partial charge is 0.494 e. The van der Waals surface area contributed by atoms with Gasteiger partial charge in [-0.15, -0.1) is 0 Å². The summed E-state index contributed by atoms with van der Waals surface area (Å²) in [6, 6.07) is 15.8. The van der Waals surface area contributed by atoms with Crippen molar-refractivity contribution >= 4 is 50.9 Å². The molecule has 192 valence electrons. The van der Waals surface area contributed by atoms with E-state index in [1.165, 1.54) is 0 Å². The molecule has 0 spiro atoms. The lowest BCUT2D eigenvalue weighted by molar-refractivity contribution is 0.0952. The predicted octanol–water partition coefficient (Wildman–Crippen LogP) is 4.01. The Morgan fingerprint density at radius 2 is 1.70 bits per heavy atom. The molecular weight excluding hydrogens is 474 g/mol. The quantitative estimate of drug-likeness (QED) is 0.216. The van der Waals surface area contributed by atoms with Gasteiger partial charge in [-0.2, -0.15) is 0 Å². The standard InChI is InChI=1S/C27H29N5O5/c1-32(2)11-10-28-26(34)21-8-4-6-19-23(20-7-5-9-22(37-3)25(20)31-24(19)21)29-17-12-16(15-33)13-18(14-17)30-27(35)36/h4-9,12-14,30,33H,10-11,15H2,1-3H3,(H,28,34)(H,29,31)(H,35,36). The van der Waals surface area contributed by atoms with Gasteiger partial charge < -0.3 is 30.5 Å². The fourth-order valence-corrected chi connectivity index (χ4v) is 4.13. The molecule has 0 aliphatic heterocycles. The zero-order valence-electron chi connectivity index (χ0n) is 20.8. The summed E-state index contributed by atoms with van der Waals surface area (Å²) in [4.78, 5) is 31.2. The van der Waals surface area contributed by atoms with E-state index in [2.05, 4.69) is 16.0 Å². The molecule has 0 aliphatic rings. The molecule has 5 N–H and O–H groups in total. The second-order valence-electron chi connectivity index (χ2n) is 8.74. The number of rotatable bonds is 9. The minimum Gasteiger partial charge on any atom is -0.494 e. The molecule has 0 atom stereocenters. The molecule has 0 saturated carbocycles. The number of fused-ring (bicyclic) bond motifs is 2. The summed E-state index contributed by atoms with van der Waals surface area (Å²) >= 11 is 0. The highest BCUT2D eigenvalue weighted by Crippen LogP contribution is 2.38. The normalized spacial score (nSPS) is 11.1. The lowest BCUT2D eigenvalue weighted by atomic mass is 10.0. The highest BCUT2D eigenvalue weighted by atomic mass is 16.5. The molecule has 1 aromatic heterocycles. The number of aliphatic hydroxyl groups excluding tert-OH is 1. The second kappa shape index (κ2) is 11.1. The smallest absolute Gasteiger partial charge is 0.409 e. The third kappa shape index (κ3) is 5.71. The van der Waals surface area contributed by atoms with Crippen LogP contribution in [0, 0.1) is 0 Å². The monoisotopic (exact) mass is 503 g/mol. The van der Waals surface area contributed by atoms with Crippen LogP contribution in [0.4, 0.5) is 21.9 Å². The molecule has 10 nitrogen and oxygen atoms in total. The lowest BCUT2D eigenvalue weighted by Gasteiger charge is -2.17. The van der Waals surface area contributed by atoms with Gasteiger partial charge in [0.1, 0.15) is 11.3 Å². The number of aliphatic hydroxyl groups is 1. The van der Waals surface area contributed by atoms with Crippen LogP contribution in [0.1, 0.15) is 15.9 Å². The Labute approximate surface area is 213 Å². The van der Waals surface area contributed by atoms with Crippen LogP contribution in [-0.4, -0.2) is 66.4 Å². The zero-order valence-corrected chi connectivity index (χ0v) is 20.8. The average molecular weight is 504 g/mol. The van der Waals surface area contributed by atoms with E-state index in [-0.39, 0.29) is 12.5 Å². The number of carbonyl (C=O) groups excluding carboxylic acids is 1. The van der Waals surface area contributed by atoms with E-state index in [1.54, 1.807) is 43.5 Å². The van der Waals surface area contributed by atoms with Gasteiger partial charge in [-0.05, 0) is 50.0 Å². The predicted molar refractivity (Wildman–Crippen MR) is 144 cm³/mol.